The Morgan fingerprint density at radius 2 is 1.69 bits per heavy atom. The molecule has 3 rings (SSSR count). The number of benzene rings is 1. The number of nitriles is 1. The molecule has 0 atom stereocenters. The Labute approximate surface area is 152 Å². The first-order chi connectivity index (χ1) is 12.5. The molecule has 0 unspecified atom stereocenters. The fourth-order valence-electron chi connectivity index (χ4n) is 3.59. The first-order valence-corrected chi connectivity index (χ1v) is 8.81. The van der Waals surface area contributed by atoms with Gasteiger partial charge < -0.3 is 5.11 Å². The van der Waals surface area contributed by atoms with E-state index in [9.17, 15) is 15.2 Å². The maximum atomic E-state index is 13.0. The van der Waals surface area contributed by atoms with Crippen molar-refractivity contribution in [1.82, 2.24) is 4.57 Å². The lowest BCUT2D eigenvalue weighted by molar-refractivity contribution is 0.368. The van der Waals surface area contributed by atoms with E-state index in [4.69, 9.17) is 0 Å². The van der Waals surface area contributed by atoms with Crippen LogP contribution >= 0.6 is 0 Å². The number of rotatable bonds is 3. The molecule has 0 spiro atoms. The summed E-state index contributed by atoms with van der Waals surface area (Å²) in [6, 6.07) is 7.72. The zero-order chi connectivity index (χ0) is 18.8. The van der Waals surface area contributed by atoms with E-state index in [1.807, 2.05) is 38.1 Å². The van der Waals surface area contributed by atoms with Crippen LogP contribution in [0.2, 0.25) is 0 Å². The van der Waals surface area contributed by atoms with Crippen LogP contribution in [0.15, 0.2) is 33.2 Å². The van der Waals surface area contributed by atoms with E-state index < -0.39 is 0 Å². The molecule has 2 aromatic rings. The monoisotopic (exact) mass is 350 g/mol. The topological polar surface area (TPSA) is 90.7 Å². The summed E-state index contributed by atoms with van der Waals surface area (Å²) in [7, 11) is 0. The van der Waals surface area contributed by atoms with Gasteiger partial charge in [-0.25, -0.2) is 0 Å². The number of azo groups is 1. The molecule has 0 saturated heterocycles. The molecule has 26 heavy (non-hydrogen) atoms. The van der Waals surface area contributed by atoms with E-state index in [0.29, 0.717) is 11.3 Å². The van der Waals surface area contributed by atoms with Crippen molar-refractivity contribution in [3.63, 3.8) is 0 Å². The highest BCUT2D eigenvalue weighted by atomic mass is 16.3. The average molecular weight is 350 g/mol. The molecular formula is C20H22N4O2. The van der Waals surface area contributed by atoms with Crippen LogP contribution in [0.5, 0.6) is 5.88 Å². The van der Waals surface area contributed by atoms with Crippen molar-refractivity contribution in [3.05, 3.63) is 50.8 Å². The van der Waals surface area contributed by atoms with Crippen molar-refractivity contribution in [3.8, 4) is 11.9 Å². The van der Waals surface area contributed by atoms with Gasteiger partial charge in [0.2, 0.25) is 5.88 Å². The van der Waals surface area contributed by atoms with Gasteiger partial charge in [0, 0.05) is 11.6 Å². The van der Waals surface area contributed by atoms with E-state index in [-0.39, 0.29) is 28.7 Å². The van der Waals surface area contributed by atoms with Crippen LogP contribution in [-0.4, -0.2) is 9.67 Å². The highest BCUT2D eigenvalue weighted by molar-refractivity contribution is 5.58. The summed E-state index contributed by atoms with van der Waals surface area (Å²) in [5, 5.41) is 28.4. The third-order valence-corrected chi connectivity index (χ3v) is 5.09. The van der Waals surface area contributed by atoms with Crippen LogP contribution in [0, 0.1) is 32.1 Å². The maximum Gasteiger partial charge on any atom is 0.281 e. The van der Waals surface area contributed by atoms with Crippen LogP contribution in [-0.2, 0) is 0 Å². The summed E-state index contributed by atoms with van der Waals surface area (Å²) in [6.07, 6.45) is 3.64. The Balaban J connectivity index is 2.18. The first kappa shape index (κ1) is 17.9. The fraction of sp³-hybridized carbons (Fsp3) is 0.400. The summed E-state index contributed by atoms with van der Waals surface area (Å²) >= 11 is 0. The lowest BCUT2D eigenvalue weighted by atomic mass is 10.1. The third-order valence-electron chi connectivity index (χ3n) is 5.09. The van der Waals surface area contributed by atoms with E-state index >= 15 is 0 Å². The molecule has 1 aromatic carbocycles. The fourth-order valence-corrected chi connectivity index (χ4v) is 3.59. The Kier molecular flexibility index (Phi) is 4.90. The lowest BCUT2D eigenvalue weighted by Crippen LogP contribution is -2.24. The molecule has 1 aromatic heterocycles. The molecule has 1 N–H and O–H groups in total. The van der Waals surface area contributed by atoms with Gasteiger partial charge in [-0.15, -0.1) is 10.2 Å². The second-order valence-corrected chi connectivity index (χ2v) is 6.84. The molecule has 6 nitrogen and oxygen atoms in total. The van der Waals surface area contributed by atoms with E-state index in [1.165, 1.54) is 4.57 Å². The molecule has 1 fully saturated rings. The van der Waals surface area contributed by atoms with Crippen molar-refractivity contribution < 1.29 is 5.11 Å². The number of aromatic nitrogens is 1. The van der Waals surface area contributed by atoms with Gasteiger partial charge in [-0.1, -0.05) is 31.0 Å². The molecule has 0 aliphatic heterocycles. The van der Waals surface area contributed by atoms with Gasteiger partial charge in [0.1, 0.15) is 11.6 Å². The van der Waals surface area contributed by atoms with Crippen LogP contribution < -0.4 is 5.56 Å². The van der Waals surface area contributed by atoms with E-state index in [1.54, 1.807) is 6.92 Å². The van der Waals surface area contributed by atoms with Gasteiger partial charge in [0.05, 0.1) is 5.69 Å². The van der Waals surface area contributed by atoms with Crippen molar-refractivity contribution in [2.75, 3.05) is 0 Å². The minimum Gasteiger partial charge on any atom is -0.493 e. The highest BCUT2D eigenvalue weighted by Gasteiger charge is 2.26. The normalized spacial score (nSPS) is 14.8. The number of hydrogen-bond donors (Lipinski definition) is 1. The van der Waals surface area contributed by atoms with Gasteiger partial charge in [0.25, 0.3) is 5.56 Å². The average Bonchev–Trinajstić information content (AvgIpc) is 3.11. The molecule has 1 heterocycles. The molecule has 1 saturated carbocycles. The highest BCUT2D eigenvalue weighted by Crippen LogP contribution is 2.35. The van der Waals surface area contributed by atoms with E-state index in [2.05, 4.69) is 10.2 Å². The minimum atomic E-state index is -0.388. The molecule has 1 aliphatic rings. The molecule has 0 bridgehead atoms. The number of aromatic hydroxyl groups is 1. The number of aryl methyl sites for hydroxylation is 2. The quantitative estimate of drug-likeness (QED) is 0.800. The van der Waals surface area contributed by atoms with Crippen LogP contribution in [0.3, 0.4) is 0 Å². The lowest BCUT2D eigenvalue weighted by Gasteiger charge is -2.18. The van der Waals surface area contributed by atoms with Crippen molar-refractivity contribution in [2.24, 2.45) is 10.2 Å². The van der Waals surface area contributed by atoms with Gasteiger partial charge in [0.15, 0.2) is 5.69 Å². The Morgan fingerprint density at radius 1 is 1.12 bits per heavy atom. The third kappa shape index (κ3) is 3.01. The van der Waals surface area contributed by atoms with E-state index in [0.717, 1.165) is 36.8 Å². The number of hydrogen-bond acceptors (Lipinski definition) is 5. The zero-order valence-corrected chi connectivity index (χ0v) is 15.3. The molecule has 1 aliphatic carbocycles. The van der Waals surface area contributed by atoms with Crippen molar-refractivity contribution in [1.29, 1.82) is 5.26 Å². The first-order valence-electron chi connectivity index (χ1n) is 8.81. The van der Waals surface area contributed by atoms with Gasteiger partial charge >= 0.3 is 0 Å². The largest absolute Gasteiger partial charge is 0.493 e. The Morgan fingerprint density at radius 3 is 2.27 bits per heavy atom. The summed E-state index contributed by atoms with van der Waals surface area (Å²) in [5.74, 6) is -0.257. The number of nitrogens with zero attached hydrogens (tertiary/aromatic N) is 4. The summed E-state index contributed by atoms with van der Waals surface area (Å²) in [6.45, 7) is 5.49. The smallest absolute Gasteiger partial charge is 0.281 e. The maximum absolute atomic E-state index is 13.0. The molecule has 134 valence electrons. The van der Waals surface area contributed by atoms with Crippen LogP contribution in [0.25, 0.3) is 0 Å². The Hall–Kier alpha value is -2.94. The Bertz CT molecular complexity index is 957. The van der Waals surface area contributed by atoms with Gasteiger partial charge in [-0.05, 0) is 44.7 Å². The second kappa shape index (κ2) is 7.12. The molecule has 0 amide bonds. The molecular weight excluding hydrogens is 328 g/mol. The van der Waals surface area contributed by atoms with Crippen molar-refractivity contribution >= 4 is 11.4 Å². The van der Waals surface area contributed by atoms with Gasteiger partial charge in [-0.3, -0.25) is 9.36 Å². The number of pyridine rings is 1. The van der Waals surface area contributed by atoms with Crippen LogP contribution in [0.4, 0.5) is 11.4 Å². The van der Waals surface area contributed by atoms with Crippen LogP contribution in [0.1, 0.15) is 54.0 Å². The summed E-state index contributed by atoms with van der Waals surface area (Å²) < 4.78 is 1.33. The molecule has 6 heteroatoms. The SMILES string of the molecule is Cc1cccc(C)c1N=Nc1c(C)c(C#N)c(O)n(C2CCCC2)c1=O. The predicted octanol–water partition coefficient (Wildman–Crippen LogP) is 4.88. The van der Waals surface area contributed by atoms with Gasteiger partial charge in [-0.2, -0.15) is 5.26 Å². The molecule has 0 radical (unpaired) electrons. The standard InChI is InChI=1S/C20H22N4O2/c1-12-7-6-8-13(2)17(12)22-23-18-14(3)16(11-21)19(25)24(20(18)26)15-9-4-5-10-15/h6-8,15,25H,4-5,9-10H2,1-3H3. The zero-order valence-electron chi connectivity index (χ0n) is 15.3. The minimum absolute atomic E-state index is 0.0898. The predicted molar refractivity (Wildman–Crippen MR) is 99.4 cm³/mol. The summed E-state index contributed by atoms with van der Waals surface area (Å²) in [4.78, 5) is 13.0. The summed E-state index contributed by atoms with van der Waals surface area (Å²) in [5.41, 5.74) is 2.81. The van der Waals surface area contributed by atoms with Crippen molar-refractivity contribution in [2.45, 2.75) is 52.5 Å². The second-order valence-electron chi connectivity index (χ2n) is 6.84.